The van der Waals surface area contributed by atoms with Gasteiger partial charge in [0.1, 0.15) is 12.3 Å². The maximum atomic E-state index is 12.6. The average Bonchev–Trinajstić information content (AvgIpc) is 2.95. The number of aliphatic carboxylic acids is 1. The number of carbonyl (C=O) groups excluding carboxylic acids is 3. The van der Waals surface area contributed by atoms with Crippen LogP contribution in [0.2, 0.25) is 0 Å². The maximum Gasteiger partial charge on any atom is 0.329 e. The van der Waals surface area contributed by atoms with Crippen molar-refractivity contribution in [1.82, 2.24) is 10.2 Å². The second-order valence-electron chi connectivity index (χ2n) is 6.44. The number of ether oxygens (including phenoxy) is 2. The van der Waals surface area contributed by atoms with Gasteiger partial charge in [0.05, 0.1) is 19.6 Å². The zero-order chi connectivity index (χ0) is 21.0. The summed E-state index contributed by atoms with van der Waals surface area (Å²) in [6, 6.07) is 11.8. The minimum absolute atomic E-state index is 0.132. The maximum absolute atomic E-state index is 12.6. The third-order valence-electron chi connectivity index (χ3n) is 4.27. The number of hydrogen-bond acceptors (Lipinski definition) is 6. The van der Waals surface area contributed by atoms with E-state index in [1.54, 1.807) is 12.1 Å². The zero-order valence-corrected chi connectivity index (χ0v) is 15.9. The number of imide groups is 1. The van der Waals surface area contributed by atoms with Gasteiger partial charge in [-0.3, -0.25) is 9.69 Å². The molecule has 0 saturated carbocycles. The van der Waals surface area contributed by atoms with Gasteiger partial charge in [0.2, 0.25) is 0 Å². The number of carboxylic acid groups (broad SMARTS) is 1. The molecule has 2 aromatic carbocycles. The van der Waals surface area contributed by atoms with Crippen molar-refractivity contribution in [2.45, 2.75) is 13.5 Å². The summed E-state index contributed by atoms with van der Waals surface area (Å²) in [5.74, 6) is -1.28. The first-order chi connectivity index (χ1) is 13.9. The number of rotatable bonds is 7. The highest BCUT2D eigenvalue weighted by molar-refractivity contribution is 6.13. The summed E-state index contributed by atoms with van der Waals surface area (Å²) in [6.45, 7) is 1.52. The molecule has 0 unspecified atom stereocenters. The van der Waals surface area contributed by atoms with Gasteiger partial charge >= 0.3 is 6.03 Å². The molecule has 3 amide bonds. The molecule has 2 aromatic rings. The predicted octanol–water partition coefficient (Wildman–Crippen LogP) is 1.23. The second kappa shape index (κ2) is 8.47. The number of aryl methyl sites for hydroxylation is 1. The third-order valence-corrected chi connectivity index (χ3v) is 4.27. The van der Waals surface area contributed by atoms with E-state index in [-0.39, 0.29) is 23.7 Å². The quantitative estimate of drug-likeness (QED) is 0.558. The lowest BCUT2D eigenvalue weighted by Crippen LogP contribution is -2.30. The van der Waals surface area contributed by atoms with Crippen LogP contribution in [0.4, 0.5) is 4.79 Å². The first-order valence-corrected chi connectivity index (χ1v) is 8.78. The van der Waals surface area contributed by atoms with Crippen LogP contribution in [0.1, 0.15) is 16.7 Å². The Bertz CT molecular complexity index is 981. The Morgan fingerprint density at radius 1 is 1.14 bits per heavy atom. The van der Waals surface area contributed by atoms with Crippen molar-refractivity contribution in [1.29, 1.82) is 0 Å². The van der Waals surface area contributed by atoms with Crippen molar-refractivity contribution >= 4 is 24.0 Å². The SMILES string of the molecule is COc1cc(C=C2NC(=O)N(Cc3ccc(C)cc3)C2=O)ccc1OCC(=O)[O-]. The molecule has 1 heterocycles. The highest BCUT2D eigenvalue weighted by atomic mass is 16.5. The smallest absolute Gasteiger partial charge is 0.329 e. The fourth-order valence-electron chi connectivity index (χ4n) is 2.79. The summed E-state index contributed by atoms with van der Waals surface area (Å²) in [7, 11) is 1.41. The molecule has 8 nitrogen and oxygen atoms in total. The molecular formula is C21H19N2O6-. The minimum atomic E-state index is -1.36. The summed E-state index contributed by atoms with van der Waals surface area (Å²) in [4.78, 5) is 36.5. The van der Waals surface area contributed by atoms with E-state index in [4.69, 9.17) is 9.47 Å². The van der Waals surface area contributed by atoms with E-state index in [0.717, 1.165) is 16.0 Å². The van der Waals surface area contributed by atoms with Crippen molar-refractivity contribution in [3.8, 4) is 11.5 Å². The molecule has 1 aliphatic rings. The third kappa shape index (κ3) is 4.73. The molecule has 0 spiro atoms. The molecule has 29 heavy (non-hydrogen) atoms. The van der Waals surface area contributed by atoms with Crippen LogP contribution in [-0.2, 0) is 16.1 Å². The highest BCUT2D eigenvalue weighted by Gasteiger charge is 2.33. The topological polar surface area (TPSA) is 108 Å². The van der Waals surface area contributed by atoms with E-state index >= 15 is 0 Å². The molecular weight excluding hydrogens is 376 g/mol. The van der Waals surface area contributed by atoms with Gasteiger partial charge < -0.3 is 24.7 Å². The Hall–Kier alpha value is -3.81. The van der Waals surface area contributed by atoms with Crippen LogP contribution in [0.15, 0.2) is 48.2 Å². The van der Waals surface area contributed by atoms with Crippen LogP contribution in [0.3, 0.4) is 0 Å². The summed E-state index contributed by atoms with van der Waals surface area (Å²) >= 11 is 0. The first-order valence-electron chi connectivity index (χ1n) is 8.78. The lowest BCUT2D eigenvalue weighted by Gasteiger charge is -2.12. The van der Waals surface area contributed by atoms with Crippen molar-refractivity contribution in [3.05, 3.63) is 64.9 Å². The Balaban J connectivity index is 1.78. The van der Waals surface area contributed by atoms with E-state index in [1.807, 2.05) is 31.2 Å². The monoisotopic (exact) mass is 395 g/mol. The van der Waals surface area contributed by atoms with E-state index in [0.29, 0.717) is 5.56 Å². The van der Waals surface area contributed by atoms with Crippen molar-refractivity contribution in [2.24, 2.45) is 0 Å². The normalized spacial score (nSPS) is 14.8. The molecule has 1 saturated heterocycles. The fourth-order valence-corrected chi connectivity index (χ4v) is 2.79. The van der Waals surface area contributed by atoms with Gasteiger partial charge in [-0.15, -0.1) is 0 Å². The molecule has 8 heteroatoms. The minimum Gasteiger partial charge on any atom is -0.546 e. The molecule has 0 bridgehead atoms. The van der Waals surface area contributed by atoms with Crippen LogP contribution in [0.5, 0.6) is 11.5 Å². The summed E-state index contributed by atoms with van der Waals surface area (Å²) in [5.41, 5.74) is 2.64. The van der Waals surface area contributed by atoms with Gasteiger partial charge in [0, 0.05) is 0 Å². The Morgan fingerprint density at radius 3 is 2.52 bits per heavy atom. The Kier molecular flexibility index (Phi) is 5.82. The van der Waals surface area contributed by atoms with Gasteiger partial charge in [-0.05, 0) is 36.3 Å². The van der Waals surface area contributed by atoms with Crippen LogP contribution >= 0.6 is 0 Å². The van der Waals surface area contributed by atoms with Gasteiger partial charge in [-0.25, -0.2) is 4.79 Å². The van der Waals surface area contributed by atoms with Crippen LogP contribution in [-0.4, -0.2) is 36.5 Å². The van der Waals surface area contributed by atoms with Gasteiger partial charge in [0.25, 0.3) is 5.91 Å². The van der Waals surface area contributed by atoms with Crippen LogP contribution in [0.25, 0.3) is 6.08 Å². The van der Waals surface area contributed by atoms with Crippen LogP contribution in [0, 0.1) is 6.92 Å². The molecule has 0 aliphatic carbocycles. The number of benzene rings is 2. The van der Waals surface area contributed by atoms with Gasteiger partial charge in [-0.2, -0.15) is 0 Å². The molecule has 0 atom stereocenters. The van der Waals surface area contributed by atoms with Gasteiger partial charge in [0.15, 0.2) is 11.5 Å². The molecule has 1 N–H and O–H groups in total. The lowest BCUT2D eigenvalue weighted by atomic mass is 10.1. The van der Waals surface area contributed by atoms with Crippen molar-refractivity contribution < 1.29 is 29.0 Å². The number of hydrogen-bond donors (Lipinski definition) is 1. The Morgan fingerprint density at radius 2 is 1.86 bits per heavy atom. The van der Waals surface area contributed by atoms with Gasteiger partial charge in [-0.1, -0.05) is 35.9 Å². The molecule has 150 valence electrons. The lowest BCUT2D eigenvalue weighted by molar-refractivity contribution is -0.307. The number of amides is 3. The zero-order valence-electron chi connectivity index (χ0n) is 15.9. The average molecular weight is 395 g/mol. The largest absolute Gasteiger partial charge is 0.546 e. The second-order valence-corrected chi connectivity index (χ2v) is 6.44. The number of carboxylic acids is 1. The number of nitrogens with one attached hydrogen (secondary N) is 1. The van der Waals surface area contributed by atoms with E-state index in [9.17, 15) is 19.5 Å². The predicted molar refractivity (Wildman–Crippen MR) is 102 cm³/mol. The number of carbonyl (C=O) groups is 3. The molecule has 1 aliphatic heterocycles. The molecule has 0 radical (unpaired) electrons. The van der Waals surface area contributed by atoms with E-state index in [2.05, 4.69) is 5.32 Å². The van der Waals surface area contributed by atoms with Crippen molar-refractivity contribution in [2.75, 3.05) is 13.7 Å². The van der Waals surface area contributed by atoms with E-state index < -0.39 is 24.5 Å². The molecule has 0 aromatic heterocycles. The first kappa shape index (κ1) is 19.9. The fraction of sp³-hybridized carbons (Fsp3) is 0.190. The number of nitrogens with zero attached hydrogens (tertiary/aromatic N) is 1. The van der Waals surface area contributed by atoms with Crippen molar-refractivity contribution in [3.63, 3.8) is 0 Å². The molecule has 1 fully saturated rings. The standard InChI is InChI=1S/C21H20N2O6/c1-13-3-5-14(6-4-13)11-23-20(26)16(22-21(23)27)9-15-7-8-17(18(10-15)28-2)29-12-19(24)25/h3-10H,11-12H2,1-2H3,(H,22,27)(H,24,25)/p-1. The van der Waals surface area contributed by atoms with Crippen LogP contribution < -0.4 is 19.9 Å². The Labute approximate surface area is 167 Å². The summed E-state index contributed by atoms with van der Waals surface area (Å²) in [5, 5.41) is 13.1. The summed E-state index contributed by atoms with van der Waals surface area (Å²) in [6.07, 6.45) is 1.51. The number of urea groups is 1. The highest BCUT2D eigenvalue weighted by Crippen LogP contribution is 2.29. The molecule has 3 rings (SSSR count). The summed E-state index contributed by atoms with van der Waals surface area (Å²) < 4.78 is 10.3. The van der Waals surface area contributed by atoms with E-state index in [1.165, 1.54) is 19.3 Å². The number of methoxy groups -OCH3 is 1.